The minimum atomic E-state index is -0.278. The standard InChI is InChI=1S/C18H16FO3/c1-11-8-13-9-16(20-2)17(21-3)10-15(13)18(22-11)12-4-6-14(19)7-5-12/h4-10H,1-3H3/q+1. The molecule has 22 heavy (non-hydrogen) atoms. The van der Waals surface area contributed by atoms with E-state index in [0.717, 1.165) is 22.1 Å². The highest BCUT2D eigenvalue weighted by atomic mass is 19.1. The summed E-state index contributed by atoms with van der Waals surface area (Å²) in [6, 6.07) is 11.9. The van der Waals surface area contributed by atoms with Gasteiger partial charge in [-0.2, -0.15) is 0 Å². The summed E-state index contributed by atoms with van der Waals surface area (Å²) in [6.07, 6.45) is 0. The van der Waals surface area contributed by atoms with Crippen LogP contribution in [0.2, 0.25) is 0 Å². The van der Waals surface area contributed by atoms with Crippen molar-refractivity contribution in [2.45, 2.75) is 6.92 Å². The summed E-state index contributed by atoms with van der Waals surface area (Å²) in [6.45, 7) is 1.88. The molecule has 0 bridgehead atoms. The molecule has 0 aliphatic carbocycles. The van der Waals surface area contributed by atoms with E-state index in [1.165, 1.54) is 12.1 Å². The Hall–Kier alpha value is -2.62. The first-order chi connectivity index (χ1) is 10.6. The van der Waals surface area contributed by atoms with Crippen molar-refractivity contribution >= 4 is 10.8 Å². The molecule has 0 saturated carbocycles. The van der Waals surface area contributed by atoms with Crippen molar-refractivity contribution < 1.29 is 18.3 Å². The first-order valence-electron chi connectivity index (χ1n) is 6.88. The van der Waals surface area contributed by atoms with Crippen molar-refractivity contribution in [3.05, 3.63) is 54.0 Å². The van der Waals surface area contributed by atoms with Gasteiger partial charge in [-0.15, -0.1) is 0 Å². The number of rotatable bonds is 3. The van der Waals surface area contributed by atoms with Crippen LogP contribution in [0.3, 0.4) is 0 Å². The third-order valence-electron chi connectivity index (χ3n) is 3.53. The fourth-order valence-electron chi connectivity index (χ4n) is 2.49. The van der Waals surface area contributed by atoms with Crippen LogP contribution in [0.1, 0.15) is 5.76 Å². The van der Waals surface area contributed by atoms with Crippen LogP contribution in [-0.2, 0) is 0 Å². The van der Waals surface area contributed by atoms with E-state index in [1.54, 1.807) is 26.4 Å². The van der Waals surface area contributed by atoms with E-state index >= 15 is 0 Å². The first-order valence-corrected chi connectivity index (χ1v) is 6.88. The summed E-state index contributed by atoms with van der Waals surface area (Å²) < 4.78 is 29.7. The van der Waals surface area contributed by atoms with Gasteiger partial charge in [-0.05, 0) is 30.3 Å². The lowest BCUT2D eigenvalue weighted by molar-refractivity contribution is 0.355. The number of methoxy groups -OCH3 is 2. The fourth-order valence-corrected chi connectivity index (χ4v) is 2.49. The molecule has 3 nitrogen and oxygen atoms in total. The molecule has 0 saturated heterocycles. The van der Waals surface area contributed by atoms with Crippen LogP contribution < -0.4 is 9.47 Å². The molecule has 0 radical (unpaired) electrons. The van der Waals surface area contributed by atoms with Crippen LogP contribution in [-0.4, -0.2) is 14.2 Å². The Morgan fingerprint density at radius 3 is 2.18 bits per heavy atom. The maximum atomic E-state index is 13.1. The molecule has 0 aliphatic rings. The van der Waals surface area contributed by atoms with Gasteiger partial charge in [0.2, 0.25) is 0 Å². The Labute approximate surface area is 127 Å². The van der Waals surface area contributed by atoms with Crippen molar-refractivity contribution in [2.24, 2.45) is 0 Å². The summed E-state index contributed by atoms with van der Waals surface area (Å²) in [7, 11) is 3.19. The molecule has 0 unspecified atom stereocenters. The molecule has 3 rings (SSSR count). The highest BCUT2D eigenvalue weighted by Crippen LogP contribution is 2.37. The average Bonchev–Trinajstić information content (AvgIpc) is 2.53. The van der Waals surface area contributed by atoms with Crippen molar-refractivity contribution in [3.63, 3.8) is 0 Å². The van der Waals surface area contributed by atoms with Crippen LogP contribution >= 0.6 is 0 Å². The van der Waals surface area contributed by atoms with Crippen molar-refractivity contribution in [1.29, 1.82) is 0 Å². The van der Waals surface area contributed by atoms with E-state index in [1.807, 2.05) is 25.1 Å². The molecule has 0 fully saturated rings. The third-order valence-corrected chi connectivity index (χ3v) is 3.53. The Morgan fingerprint density at radius 1 is 0.909 bits per heavy atom. The molecule has 0 spiro atoms. The zero-order chi connectivity index (χ0) is 15.7. The average molecular weight is 299 g/mol. The zero-order valence-electron chi connectivity index (χ0n) is 12.6. The third kappa shape index (κ3) is 2.48. The number of ether oxygens (including phenoxy) is 2. The number of aryl methyl sites for hydroxylation is 1. The number of hydrogen-bond acceptors (Lipinski definition) is 2. The molecular formula is C18H16FO3+. The number of hydrogen-bond donors (Lipinski definition) is 0. The van der Waals surface area contributed by atoms with Gasteiger partial charge in [-0.25, -0.2) is 8.81 Å². The second kappa shape index (κ2) is 5.64. The Morgan fingerprint density at radius 2 is 1.55 bits per heavy atom. The van der Waals surface area contributed by atoms with Gasteiger partial charge >= 0.3 is 11.5 Å². The minimum Gasteiger partial charge on any atom is -0.493 e. The molecule has 0 amide bonds. The second-order valence-electron chi connectivity index (χ2n) is 4.99. The molecule has 1 heterocycles. The topological polar surface area (TPSA) is 29.8 Å². The van der Waals surface area contributed by atoms with Gasteiger partial charge in [0.25, 0.3) is 0 Å². The lowest BCUT2D eigenvalue weighted by Gasteiger charge is -2.08. The van der Waals surface area contributed by atoms with Gasteiger partial charge in [0.15, 0.2) is 11.5 Å². The summed E-state index contributed by atoms with van der Waals surface area (Å²) in [5.41, 5.74) is 0.808. The molecule has 3 aromatic rings. The van der Waals surface area contributed by atoms with E-state index in [4.69, 9.17) is 13.9 Å². The van der Waals surface area contributed by atoms with Crippen LogP contribution in [0.4, 0.5) is 4.39 Å². The van der Waals surface area contributed by atoms with Crippen LogP contribution in [0, 0.1) is 12.7 Å². The maximum Gasteiger partial charge on any atom is 0.368 e. The predicted octanol–water partition coefficient (Wildman–Crippen LogP) is 4.85. The van der Waals surface area contributed by atoms with Crippen molar-refractivity contribution in [2.75, 3.05) is 14.2 Å². The Balaban J connectivity index is 2.31. The van der Waals surface area contributed by atoms with Gasteiger partial charge in [0.05, 0.1) is 32.1 Å². The van der Waals surface area contributed by atoms with Crippen molar-refractivity contribution in [3.8, 4) is 22.8 Å². The number of benzene rings is 2. The van der Waals surface area contributed by atoms with Crippen molar-refractivity contribution in [1.82, 2.24) is 0 Å². The second-order valence-corrected chi connectivity index (χ2v) is 4.99. The number of halogens is 1. The molecule has 1 aromatic heterocycles. The Kier molecular flexibility index (Phi) is 3.67. The largest absolute Gasteiger partial charge is 0.493 e. The molecule has 2 aromatic carbocycles. The first kappa shape index (κ1) is 14.3. The zero-order valence-corrected chi connectivity index (χ0v) is 12.6. The monoisotopic (exact) mass is 299 g/mol. The molecular weight excluding hydrogens is 283 g/mol. The van der Waals surface area contributed by atoms with E-state index < -0.39 is 0 Å². The highest BCUT2D eigenvalue weighted by molar-refractivity contribution is 5.96. The lowest BCUT2D eigenvalue weighted by atomic mass is 10.0. The molecule has 4 heteroatoms. The summed E-state index contributed by atoms with van der Waals surface area (Å²) in [4.78, 5) is 0. The predicted molar refractivity (Wildman–Crippen MR) is 83.9 cm³/mol. The molecule has 0 aliphatic heterocycles. The summed E-state index contributed by atoms with van der Waals surface area (Å²) in [5.74, 6) is 2.44. The van der Waals surface area contributed by atoms with Gasteiger partial charge in [0, 0.05) is 17.5 Å². The number of fused-ring (bicyclic) bond motifs is 1. The van der Waals surface area contributed by atoms with Crippen LogP contribution in [0.25, 0.3) is 22.1 Å². The minimum absolute atomic E-state index is 0.278. The quantitative estimate of drug-likeness (QED) is 0.648. The maximum absolute atomic E-state index is 13.1. The van der Waals surface area contributed by atoms with E-state index in [2.05, 4.69) is 0 Å². The van der Waals surface area contributed by atoms with E-state index in [0.29, 0.717) is 17.3 Å². The van der Waals surface area contributed by atoms with Gasteiger partial charge in [-0.3, -0.25) is 0 Å². The fraction of sp³-hybridized carbons (Fsp3) is 0.167. The Bertz CT molecular complexity index is 826. The van der Waals surface area contributed by atoms with E-state index in [9.17, 15) is 4.39 Å². The summed E-state index contributed by atoms with van der Waals surface area (Å²) in [5, 5.41) is 1.86. The summed E-state index contributed by atoms with van der Waals surface area (Å²) >= 11 is 0. The molecule has 0 atom stereocenters. The highest BCUT2D eigenvalue weighted by Gasteiger charge is 2.21. The van der Waals surface area contributed by atoms with Gasteiger partial charge < -0.3 is 9.47 Å². The van der Waals surface area contributed by atoms with Gasteiger partial charge in [0.1, 0.15) is 5.82 Å². The normalized spacial score (nSPS) is 10.7. The van der Waals surface area contributed by atoms with E-state index in [-0.39, 0.29) is 5.82 Å². The smallest absolute Gasteiger partial charge is 0.368 e. The van der Waals surface area contributed by atoms with Gasteiger partial charge in [-0.1, -0.05) is 0 Å². The molecule has 112 valence electrons. The lowest BCUT2D eigenvalue weighted by Crippen LogP contribution is -1.92. The van der Waals surface area contributed by atoms with Crippen LogP contribution in [0.15, 0.2) is 46.9 Å². The SMILES string of the molecule is COc1cc2cc(C)[o+]c(-c3ccc(F)cc3)c2cc1OC. The molecule has 0 N–H and O–H groups in total. The van der Waals surface area contributed by atoms with Crippen LogP contribution in [0.5, 0.6) is 11.5 Å².